The van der Waals surface area contributed by atoms with Gasteiger partial charge in [-0.3, -0.25) is 10.1 Å². The third-order valence-electron chi connectivity index (χ3n) is 3.78. The average Bonchev–Trinajstić information content (AvgIpc) is 2.53. The number of carbonyl (C=O) groups excluding carboxylic acids is 1. The van der Waals surface area contributed by atoms with Crippen LogP contribution in [-0.4, -0.2) is 29.7 Å². The van der Waals surface area contributed by atoms with Gasteiger partial charge in [-0.15, -0.1) is 0 Å². The second-order valence-electron chi connectivity index (χ2n) is 6.51. The third kappa shape index (κ3) is 2.63. The van der Waals surface area contributed by atoms with Gasteiger partial charge in [0, 0.05) is 6.04 Å². The summed E-state index contributed by atoms with van der Waals surface area (Å²) in [7, 11) is 0. The summed E-state index contributed by atoms with van der Waals surface area (Å²) in [4.78, 5) is 12.3. The summed E-state index contributed by atoms with van der Waals surface area (Å²) in [6.45, 7) is 6.41. The van der Waals surface area contributed by atoms with Gasteiger partial charge in [-0.05, 0) is 58.9 Å². The number of carbonyl (C=O) groups is 1. The molecule has 3 atom stereocenters. The second-order valence-corrected chi connectivity index (χ2v) is 6.51. The molecule has 0 aliphatic carbocycles. The lowest BCUT2D eigenvalue weighted by molar-refractivity contribution is -0.164. The highest BCUT2D eigenvalue weighted by molar-refractivity contribution is 5.82. The van der Waals surface area contributed by atoms with E-state index in [4.69, 9.17) is 10.5 Å². The van der Waals surface area contributed by atoms with Crippen molar-refractivity contribution in [1.29, 1.82) is 0 Å². The summed E-state index contributed by atoms with van der Waals surface area (Å²) >= 11 is 0. The fourth-order valence-corrected chi connectivity index (χ4v) is 3.07. The molecule has 0 amide bonds. The van der Waals surface area contributed by atoms with Crippen molar-refractivity contribution in [2.45, 2.75) is 63.6 Å². The Hall–Kier alpha value is -0.610. The van der Waals surface area contributed by atoms with Crippen LogP contribution in [0.4, 0.5) is 0 Å². The number of ether oxygens (including phenoxy) is 1. The smallest absolute Gasteiger partial charge is 0.326 e. The zero-order valence-electron chi connectivity index (χ0n) is 11.1. The fraction of sp³-hybridized carbons (Fsp3) is 0.923. The molecule has 0 aromatic heterocycles. The number of rotatable bonds is 2. The number of hydrogen-bond donors (Lipinski definition) is 2. The van der Waals surface area contributed by atoms with Crippen LogP contribution >= 0.6 is 0 Å². The molecule has 3 unspecified atom stereocenters. The Kier molecular flexibility index (Phi) is 3.21. The minimum absolute atomic E-state index is 0.0920. The minimum Gasteiger partial charge on any atom is -0.459 e. The van der Waals surface area contributed by atoms with E-state index in [-0.39, 0.29) is 5.97 Å². The zero-order chi connectivity index (χ0) is 12.7. The van der Waals surface area contributed by atoms with Crippen LogP contribution in [0, 0.1) is 5.92 Å². The quantitative estimate of drug-likeness (QED) is 0.712. The van der Waals surface area contributed by atoms with E-state index in [1.807, 2.05) is 20.8 Å². The minimum atomic E-state index is -0.458. The summed E-state index contributed by atoms with van der Waals surface area (Å²) in [6.07, 6.45) is 3.88. The van der Waals surface area contributed by atoms with Gasteiger partial charge in [-0.25, -0.2) is 0 Å². The van der Waals surface area contributed by atoms with Crippen molar-refractivity contribution in [2.75, 3.05) is 6.54 Å². The van der Waals surface area contributed by atoms with Gasteiger partial charge >= 0.3 is 5.97 Å². The first kappa shape index (κ1) is 12.8. The van der Waals surface area contributed by atoms with Gasteiger partial charge < -0.3 is 10.5 Å². The van der Waals surface area contributed by atoms with Crippen LogP contribution in [0.25, 0.3) is 0 Å². The van der Waals surface area contributed by atoms with Crippen LogP contribution in [0.15, 0.2) is 0 Å². The van der Waals surface area contributed by atoms with Crippen LogP contribution in [0.1, 0.15) is 46.5 Å². The Morgan fingerprint density at radius 2 is 2.24 bits per heavy atom. The fourth-order valence-electron chi connectivity index (χ4n) is 3.07. The number of hydrogen-bond acceptors (Lipinski definition) is 4. The van der Waals surface area contributed by atoms with E-state index in [1.54, 1.807) is 0 Å². The van der Waals surface area contributed by atoms with E-state index in [0.717, 1.165) is 25.7 Å². The molecule has 3 N–H and O–H groups in total. The lowest BCUT2D eigenvalue weighted by atomic mass is 9.83. The molecule has 4 nitrogen and oxygen atoms in total. The van der Waals surface area contributed by atoms with E-state index in [2.05, 4.69) is 5.32 Å². The van der Waals surface area contributed by atoms with Gasteiger partial charge in [0.2, 0.25) is 0 Å². The summed E-state index contributed by atoms with van der Waals surface area (Å²) in [5.41, 5.74) is 4.89. The zero-order valence-corrected chi connectivity index (χ0v) is 11.1. The summed E-state index contributed by atoms with van der Waals surface area (Å²) in [5.74, 6) is 0.363. The molecular formula is C13H24N2O2. The topological polar surface area (TPSA) is 64.3 Å². The molecular weight excluding hydrogens is 216 g/mol. The lowest BCUT2D eigenvalue weighted by Gasteiger charge is -2.38. The molecule has 0 radical (unpaired) electrons. The van der Waals surface area contributed by atoms with E-state index in [1.165, 1.54) is 0 Å². The third-order valence-corrected chi connectivity index (χ3v) is 3.78. The van der Waals surface area contributed by atoms with E-state index in [0.29, 0.717) is 18.5 Å². The molecule has 2 heterocycles. The van der Waals surface area contributed by atoms with Crippen LogP contribution in [0.3, 0.4) is 0 Å². The van der Waals surface area contributed by atoms with E-state index in [9.17, 15) is 4.79 Å². The monoisotopic (exact) mass is 240 g/mol. The van der Waals surface area contributed by atoms with Gasteiger partial charge in [0.1, 0.15) is 11.1 Å². The summed E-state index contributed by atoms with van der Waals surface area (Å²) < 4.78 is 5.55. The van der Waals surface area contributed by atoms with Crippen LogP contribution in [-0.2, 0) is 9.53 Å². The first-order chi connectivity index (χ1) is 7.85. The van der Waals surface area contributed by atoms with Crippen molar-refractivity contribution in [1.82, 2.24) is 5.32 Å². The first-order valence-corrected chi connectivity index (χ1v) is 6.56. The predicted octanol–water partition coefficient (Wildman–Crippen LogP) is 1.19. The van der Waals surface area contributed by atoms with Crippen molar-refractivity contribution >= 4 is 5.97 Å². The molecule has 2 rings (SSSR count). The normalized spacial score (nSPS) is 36.9. The standard InChI is InChI=1S/C13H24N2O2/c1-12(2,3)17-11(16)13-5-4-10(15-13)6-9(7-13)8-14/h9-10,15H,4-8,14H2,1-3H3. The van der Waals surface area contributed by atoms with Crippen molar-refractivity contribution in [3.05, 3.63) is 0 Å². The highest BCUT2D eigenvalue weighted by atomic mass is 16.6. The number of nitrogens with one attached hydrogen (secondary N) is 1. The molecule has 2 aliphatic heterocycles. The number of fused-ring (bicyclic) bond motifs is 2. The lowest BCUT2D eigenvalue weighted by Crippen LogP contribution is -2.57. The number of piperidine rings is 1. The highest BCUT2D eigenvalue weighted by Gasteiger charge is 2.51. The molecule has 17 heavy (non-hydrogen) atoms. The molecule has 0 saturated carbocycles. The maximum atomic E-state index is 12.3. The largest absolute Gasteiger partial charge is 0.459 e. The van der Waals surface area contributed by atoms with Crippen molar-refractivity contribution in [3.8, 4) is 0 Å². The van der Waals surface area contributed by atoms with Crippen LogP contribution in [0.5, 0.6) is 0 Å². The Morgan fingerprint density at radius 1 is 1.53 bits per heavy atom. The van der Waals surface area contributed by atoms with Crippen molar-refractivity contribution in [3.63, 3.8) is 0 Å². The Balaban J connectivity index is 2.10. The molecule has 2 fully saturated rings. The Labute approximate surface area is 103 Å². The molecule has 2 saturated heterocycles. The molecule has 2 aliphatic rings. The summed E-state index contributed by atoms with van der Waals surface area (Å²) in [6, 6.07) is 0.449. The SMILES string of the molecule is CC(C)(C)OC(=O)C12CCC(CC(CN)C1)N2. The van der Waals surface area contributed by atoms with Crippen LogP contribution < -0.4 is 11.1 Å². The Morgan fingerprint density at radius 3 is 2.82 bits per heavy atom. The molecule has 98 valence electrons. The molecule has 0 aromatic rings. The van der Waals surface area contributed by atoms with E-state index < -0.39 is 11.1 Å². The Bertz CT molecular complexity index is 311. The number of nitrogens with two attached hydrogens (primary N) is 1. The molecule has 0 spiro atoms. The van der Waals surface area contributed by atoms with Gasteiger partial charge in [-0.1, -0.05) is 0 Å². The van der Waals surface area contributed by atoms with Crippen molar-refractivity contribution < 1.29 is 9.53 Å². The molecule has 4 heteroatoms. The maximum Gasteiger partial charge on any atom is 0.326 e. The predicted molar refractivity (Wildman–Crippen MR) is 66.5 cm³/mol. The van der Waals surface area contributed by atoms with Crippen LogP contribution in [0.2, 0.25) is 0 Å². The number of esters is 1. The van der Waals surface area contributed by atoms with Gasteiger partial charge in [0.25, 0.3) is 0 Å². The van der Waals surface area contributed by atoms with Crippen molar-refractivity contribution in [2.24, 2.45) is 11.7 Å². The highest BCUT2D eigenvalue weighted by Crippen LogP contribution is 2.39. The van der Waals surface area contributed by atoms with Gasteiger partial charge in [0.15, 0.2) is 0 Å². The molecule has 0 aromatic carbocycles. The maximum absolute atomic E-state index is 12.3. The van der Waals surface area contributed by atoms with Gasteiger partial charge in [-0.2, -0.15) is 0 Å². The molecule has 2 bridgehead atoms. The van der Waals surface area contributed by atoms with Gasteiger partial charge in [0.05, 0.1) is 0 Å². The first-order valence-electron chi connectivity index (χ1n) is 6.56. The average molecular weight is 240 g/mol. The second kappa shape index (κ2) is 4.25. The summed E-state index contributed by atoms with van der Waals surface area (Å²) in [5, 5.41) is 3.46. The van der Waals surface area contributed by atoms with E-state index >= 15 is 0 Å².